The number of carbonyl (C=O) groups is 1. The predicted octanol–water partition coefficient (Wildman–Crippen LogP) is 4.35. The molecule has 0 atom stereocenters. The lowest BCUT2D eigenvalue weighted by molar-refractivity contribution is 0.0952. The predicted molar refractivity (Wildman–Crippen MR) is 120 cm³/mol. The van der Waals surface area contributed by atoms with Crippen LogP contribution in [0.3, 0.4) is 0 Å². The number of nitrogens with one attached hydrogen (secondary N) is 1. The van der Waals surface area contributed by atoms with Crippen LogP contribution in [-0.4, -0.2) is 22.6 Å². The lowest BCUT2D eigenvalue weighted by atomic mass is 10.1. The Morgan fingerprint density at radius 2 is 2.00 bits per heavy atom. The summed E-state index contributed by atoms with van der Waals surface area (Å²) in [5, 5.41) is 4.31. The topological polar surface area (TPSA) is 73.2 Å². The van der Waals surface area contributed by atoms with Crippen molar-refractivity contribution >= 4 is 38.2 Å². The molecule has 30 heavy (non-hydrogen) atoms. The summed E-state index contributed by atoms with van der Waals surface area (Å²) in [4.78, 5) is 31.0. The number of amides is 1. The summed E-state index contributed by atoms with van der Waals surface area (Å²) in [6.07, 6.45) is 3.58. The number of hydrogen-bond acceptors (Lipinski definition) is 5. The van der Waals surface area contributed by atoms with Crippen molar-refractivity contribution in [3.63, 3.8) is 0 Å². The van der Waals surface area contributed by atoms with E-state index in [1.165, 1.54) is 18.4 Å². The maximum Gasteiger partial charge on any atom is 0.265 e. The first-order chi connectivity index (χ1) is 14.7. The number of pyridine rings is 2. The molecule has 3 aromatic heterocycles. The Labute approximate surface area is 178 Å². The fourth-order valence-electron chi connectivity index (χ4n) is 3.58. The highest BCUT2D eigenvalue weighted by Crippen LogP contribution is 2.39. The molecule has 1 aromatic carbocycles. The number of nitrogens with zero attached hydrogens (tertiary/aromatic N) is 2. The van der Waals surface area contributed by atoms with Crippen molar-refractivity contribution in [3.05, 3.63) is 69.6 Å². The van der Waals surface area contributed by atoms with E-state index in [0.717, 1.165) is 34.1 Å². The minimum atomic E-state index is -0.276. The van der Waals surface area contributed by atoms with Crippen LogP contribution < -0.4 is 15.6 Å². The second-order valence-electron chi connectivity index (χ2n) is 7.00. The summed E-state index contributed by atoms with van der Waals surface area (Å²) in [5.41, 5.74) is 1.53. The quantitative estimate of drug-likeness (QED) is 0.481. The summed E-state index contributed by atoms with van der Waals surface area (Å²) >= 11 is 1.30. The van der Waals surface area contributed by atoms with Gasteiger partial charge in [0.2, 0.25) is 0 Å². The molecule has 0 aliphatic rings. The highest BCUT2D eigenvalue weighted by molar-refractivity contribution is 7.22. The Kier molecular flexibility index (Phi) is 5.81. The van der Waals surface area contributed by atoms with Crippen molar-refractivity contribution < 1.29 is 9.53 Å². The number of carbonyl (C=O) groups excluding carboxylic acids is 1. The number of aromatic nitrogens is 2. The molecule has 0 saturated heterocycles. The van der Waals surface area contributed by atoms with Gasteiger partial charge in [-0.25, -0.2) is 0 Å². The summed E-state index contributed by atoms with van der Waals surface area (Å²) in [5.74, 6) is 0.0665. The molecule has 0 saturated carbocycles. The van der Waals surface area contributed by atoms with Crippen LogP contribution in [0, 0.1) is 0 Å². The fraction of sp³-hybridized carbons (Fsp3) is 0.261. The molecule has 3 heterocycles. The first-order valence-corrected chi connectivity index (χ1v) is 10.8. The van der Waals surface area contributed by atoms with Gasteiger partial charge in [-0.15, -0.1) is 11.3 Å². The van der Waals surface area contributed by atoms with Crippen molar-refractivity contribution in [3.8, 4) is 5.75 Å². The third kappa shape index (κ3) is 3.57. The van der Waals surface area contributed by atoms with E-state index in [0.29, 0.717) is 29.1 Å². The standard InChI is InChI=1S/C23H23N3O3S/c1-3-4-13-26-17-11-6-5-10-16(17)20-18(23(26)28)19(29-2)21(30-20)22(27)25-14-15-9-7-8-12-24-15/h5-12H,3-4,13-14H2,1-2H3,(H,25,27). The van der Waals surface area contributed by atoms with Crippen molar-refractivity contribution in [2.75, 3.05) is 7.11 Å². The second kappa shape index (κ2) is 8.67. The van der Waals surface area contributed by atoms with Crippen LogP contribution in [0.15, 0.2) is 53.5 Å². The zero-order chi connectivity index (χ0) is 21.1. The number of rotatable bonds is 7. The number of aryl methyl sites for hydroxylation is 1. The highest BCUT2D eigenvalue weighted by Gasteiger charge is 2.24. The van der Waals surface area contributed by atoms with Gasteiger partial charge in [0.1, 0.15) is 10.3 Å². The summed E-state index contributed by atoms with van der Waals surface area (Å²) in [6.45, 7) is 3.03. The van der Waals surface area contributed by atoms with Crippen LogP contribution in [0.1, 0.15) is 35.1 Å². The Hall–Kier alpha value is -3.19. The molecule has 4 aromatic rings. The molecular formula is C23H23N3O3S. The third-order valence-corrected chi connectivity index (χ3v) is 6.27. The number of benzene rings is 1. The molecule has 4 rings (SSSR count). The number of para-hydroxylation sites is 1. The van der Waals surface area contributed by atoms with E-state index in [2.05, 4.69) is 17.2 Å². The zero-order valence-corrected chi connectivity index (χ0v) is 17.8. The van der Waals surface area contributed by atoms with Gasteiger partial charge in [-0.3, -0.25) is 14.6 Å². The second-order valence-corrected chi connectivity index (χ2v) is 8.02. The van der Waals surface area contributed by atoms with Crippen LogP contribution in [0.2, 0.25) is 0 Å². The van der Waals surface area contributed by atoms with E-state index in [1.54, 1.807) is 10.8 Å². The van der Waals surface area contributed by atoms with Gasteiger partial charge >= 0.3 is 0 Å². The van der Waals surface area contributed by atoms with Gasteiger partial charge in [-0.1, -0.05) is 37.6 Å². The van der Waals surface area contributed by atoms with E-state index < -0.39 is 0 Å². The first kappa shape index (κ1) is 20.1. The van der Waals surface area contributed by atoms with Gasteiger partial charge in [-0.05, 0) is 24.6 Å². The minimum Gasteiger partial charge on any atom is -0.494 e. The van der Waals surface area contributed by atoms with Gasteiger partial charge in [-0.2, -0.15) is 0 Å². The van der Waals surface area contributed by atoms with E-state index in [4.69, 9.17) is 4.74 Å². The maximum absolute atomic E-state index is 13.4. The molecular weight excluding hydrogens is 398 g/mol. The van der Waals surface area contributed by atoms with Crippen LogP contribution in [0.25, 0.3) is 21.0 Å². The summed E-state index contributed by atoms with van der Waals surface area (Å²) in [7, 11) is 1.50. The van der Waals surface area contributed by atoms with Gasteiger partial charge in [0.05, 0.1) is 29.6 Å². The summed E-state index contributed by atoms with van der Waals surface area (Å²) < 4.78 is 8.16. The molecule has 0 spiro atoms. The average molecular weight is 422 g/mol. The van der Waals surface area contributed by atoms with E-state index in [9.17, 15) is 9.59 Å². The SMILES string of the molecule is CCCCn1c(=O)c2c(OC)c(C(=O)NCc3ccccn3)sc2c2ccccc21. The molecule has 7 heteroatoms. The Bertz CT molecular complexity index is 1260. The van der Waals surface area contributed by atoms with Gasteiger partial charge in [0.15, 0.2) is 5.75 Å². The molecule has 6 nitrogen and oxygen atoms in total. The van der Waals surface area contributed by atoms with Crippen LogP contribution in [-0.2, 0) is 13.1 Å². The average Bonchev–Trinajstić information content (AvgIpc) is 3.18. The molecule has 0 aliphatic heterocycles. The van der Waals surface area contributed by atoms with E-state index >= 15 is 0 Å². The molecule has 0 radical (unpaired) electrons. The van der Waals surface area contributed by atoms with Gasteiger partial charge < -0.3 is 14.6 Å². The molecule has 0 unspecified atom stereocenters. The molecule has 1 N–H and O–H groups in total. The Balaban J connectivity index is 1.84. The van der Waals surface area contributed by atoms with Crippen LogP contribution >= 0.6 is 11.3 Å². The number of ether oxygens (including phenoxy) is 1. The molecule has 154 valence electrons. The molecule has 0 bridgehead atoms. The molecule has 1 amide bonds. The Morgan fingerprint density at radius 3 is 2.73 bits per heavy atom. The monoisotopic (exact) mass is 421 g/mol. The van der Waals surface area contributed by atoms with Crippen LogP contribution in [0.4, 0.5) is 0 Å². The number of fused-ring (bicyclic) bond motifs is 3. The third-order valence-electron chi connectivity index (χ3n) is 5.06. The molecule has 0 fully saturated rings. The number of methoxy groups -OCH3 is 1. The largest absolute Gasteiger partial charge is 0.494 e. The van der Waals surface area contributed by atoms with E-state index in [1.807, 2.05) is 42.5 Å². The molecule has 0 aliphatic carbocycles. The van der Waals surface area contributed by atoms with E-state index in [-0.39, 0.29) is 11.5 Å². The van der Waals surface area contributed by atoms with Crippen LogP contribution in [0.5, 0.6) is 5.75 Å². The van der Waals surface area contributed by atoms with Crippen molar-refractivity contribution in [1.82, 2.24) is 14.9 Å². The van der Waals surface area contributed by atoms with Gasteiger partial charge in [0, 0.05) is 18.1 Å². The number of hydrogen-bond donors (Lipinski definition) is 1. The maximum atomic E-state index is 13.4. The van der Waals surface area contributed by atoms with Crippen molar-refractivity contribution in [2.24, 2.45) is 0 Å². The van der Waals surface area contributed by atoms with Crippen molar-refractivity contribution in [1.29, 1.82) is 0 Å². The smallest absolute Gasteiger partial charge is 0.265 e. The zero-order valence-electron chi connectivity index (χ0n) is 17.0. The highest BCUT2D eigenvalue weighted by atomic mass is 32.1. The lowest BCUT2D eigenvalue weighted by Crippen LogP contribution is -2.23. The lowest BCUT2D eigenvalue weighted by Gasteiger charge is -2.11. The minimum absolute atomic E-state index is 0.117. The summed E-state index contributed by atoms with van der Waals surface area (Å²) in [6, 6.07) is 13.4. The normalized spacial score (nSPS) is 11.1. The Morgan fingerprint density at radius 1 is 1.20 bits per heavy atom. The number of thiophene rings is 1. The van der Waals surface area contributed by atoms with Crippen molar-refractivity contribution in [2.45, 2.75) is 32.9 Å². The number of unbranched alkanes of at least 4 members (excludes halogenated alkanes) is 1. The van der Waals surface area contributed by atoms with Gasteiger partial charge in [0.25, 0.3) is 11.5 Å². The first-order valence-electron chi connectivity index (χ1n) is 9.95. The fourth-order valence-corrected chi connectivity index (χ4v) is 4.79.